The predicted molar refractivity (Wildman–Crippen MR) is 83.4 cm³/mol. The van der Waals surface area contributed by atoms with Crippen LogP contribution in [0.5, 0.6) is 5.75 Å². The van der Waals surface area contributed by atoms with Crippen LogP contribution in [-0.2, 0) is 4.79 Å². The molecule has 6 nitrogen and oxygen atoms in total. The first-order valence-electron chi connectivity index (χ1n) is 6.68. The number of hydrogen-bond donors (Lipinski definition) is 2. The fourth-order valence-electron chi connectivity index (χ4n) is 1.79. The van der Waals surface area contributed by atoms with E-state index >= 15 is 0 Å². The summed E-state index contributed by atoms with van der Waals surface area (Å²) in [5, 5.41) is 3.14. The number of hydrogen-bond acceptors (Lipinski definition) is 6. The highest BCUT2D eigenvalue weighted by molar-refractivity contribution is 7.10. The molecular formula is C14H18N4O2S. The number of benzene rings is 1. The van der Waals surface area contributed by atoms with Gasteiger partial charge in [0, 0.05) is 17.1 Å². The van der Waals surface area contributed by atoms with Crippen LogP contribution in [0.2, 0.25) is 0 Å². The maximum atomic E-state index is 11.8. The van der Waals surface area contributed by atoms with Gasteiger partial charge in [-0.3, -0.25) is 10.1 Å². The molecule has 7 heteroatoms. The molecule has 0 saturated carbocycles. The quantitative estimate of drug-likeness (QED) is 0.854. The predicted octanol–water partition coefficient (Wildman–Crippen LogP) is 2.28. The topological polar surface area (TPSA) is 90.1 Å². The normalized spacial score (nSPS) is 12.0. The van der Waals surface area contributed by atoms with Crippen molar-refractivity contribution in [3.8, 4) is 17.1 Å². The third kappa shape index (κ3) is 3.99. The van der Waals surface area contributed by atoms with Crippen molar-refractivity contribution in [2.45, 2.75) is 25.8 Å². The molecule has 0 fully saturated rings. The summed E-state index contributed by atoms with van der Waals surface area (Å²) in [6.45, 7) is 1.99. The Morgan fingerprint density at radius 3 is 3.05 bits per heavy atom. The number of nitrogens with zero attached hydrogens (tertiary/aromatic N) is 2. The van der Waals surface area contributed by atoms with Crippen molar-refractivity contribution < 1.29 is 9.53 Å². The molecule has 0 aliphatic carbocycles. The first-order chi connectivity index (χ1) is 10.1. The third-order valence-corrected chi connectivity index (χ3v) is 3.55. The summed E-state index contributed by atoms with van der Waals surface area (Å²) in [5.41, 5.74) is 6.60. The van der Waals surface area contributed by atoms with Crippen molar-refractivity contribution in [2.75, 3.05) is 12.4 Å². The first kappa shape index (κ1) is 15.4. The molecule has 0 spiro atoms. The molecule has 1 atom stereocenters. The highest BCUT2D eigenvalue weighted by Gasteiger charge is 2.15. The van der Waals surface area contributed by atoms with Crippen LogP contribution in [0.4, 0.5) is 5.13 Å². The van der Waals surface area contributed by atoms with Crippen molar-refractivity contribution in [1.82, 2.24) is 9.36 Å². The molecule has 1 heterocycles. The van der Waals surface area contributed by atoms with E-state index < -0.39 is 6.04 Å². The van der Waals surface area contributed by atoms with Crippen molar-refractivity contribution in [3.63, 3.8) is 0 Å². The number of carbonyl (C=O) groups excluding carboxylic acids is 1. The number of amides is 1. The van der Waals surface area contributed by atoms with Crippen LogP contribution in [0.1, 0.15) is 19.8 Å². The lowest BCUT2D eigenvalue weighted by molar-refractivity contribution is -0.117. The molecule has 0 radical (unpaired) electrons. The van der Waals surface area contributed by atoms with E-state index in [4.69, 9.17) is 10.5 Å². The second kappa shape index (κ2) is 7.14. The second-order valence-corrected chi connectivity index (χ2v) is 5.29. The largest absolute Gasteiger partial charge is 0.497 e. The van der Waals surface area contributed by atoms with Crippen LogP contribution >= 0.6 is 11.5 Å². The van der Waals surface area contributed by atoms with Gasteiger partial charge in [0.25, 0.3) is 0 Å². The van der Waals surface area contributed by atoms with Crippen LogP contribution in [0.25, 0.3) is 11.4 Å². The third-order valence-electron chi connectivity index (χ3n) is 2.92. The molecule has 0 aliphatic rings. The standard InChI is InChI=1S/C14H18N4O2S/c1-3-5-11(15)13(19)17-14-16-12(18-21-14)9-6-4-7-10(8-9)20-2/h4,6-8,11H,3,5,15H2,1-2H3,(H,16,17,18,19). The average molecular weight is 306 g/mol. The Morgan fingerprint density at radius 2 is 2.33 bits per heavy atom. The Kier molecular flexibility index (Phi) is 5.24. The van der Waals surface area contributed by atoms with E-state index in [-0.39, 0.29) is 5.91 Å². The van der Waals surface area contributed by atoms with Gasteiger partial charge < -0.3 is 10.5 Å². The molecule has 2 aromatic rings. The Bertz CT molecular complexity index is 615. The molecule has 1 aromatic carbocycles. The van der Waals surface area contributed by atoms with Gasteiger partial charge in [0.15, 0.2) is 5.82 Å². The lowest BCUT2D eigenvalue weighted by atomic mass is 10.2. The number of rotatable bonds is 6. The van der Waals surface area contributed by atoms with Crippen LogP contribution in [-0.4, -0.2) is 28.4 Å². The van der Waals surface area contributed by atoms with Gasteiger partial charge in [0.05, 0.1) is 13.2 Å². The monoisotopic (exact) mass is 306 g/mol. The molecule has 3 N–H and O–H groups in total. The van der Waals surface area contributed by atoms with Crippen molar-refractivity contribution in [3.05, 3.63) is 24.3 Å². The minimum atomic E-state index is -0.515. The average Bonchev–Trinajstić information content (AvgIpc) is 2.96. The van der Waals surface area contributed by atoms with Crippen molar-refractivity contribution >= 4 is 22.6 Å². The van der Waals surface area contributed by atoms with Gasteiger partial charge in [-0.2, -0.15) is 9.36 Å². The molecule has 2 rings (SSSR count). The van der Waals surface area contributed by atoms with Crippen molar-refractivity contribution in [2.24, 2.45) is 5.73 Å². The van der Waals surface area contributed by atoms with Crippen LogP contribution < -0.4 is 15.8 Å². The van der Waals surface area contributed by atoms with E-state index in [1.807, 2.05) is 31.2 Å². The van der Waals surface area contributed by atoms with E-state index in [2.05, 4.69) is 14.7 Å². The van der Waals surface area contributed by atoms with Gasteiger partial charge in [0.1, 0.15) is 5.75 Å². The van der Waals surface area contributed by atoms with Gasteiger partial charge in [-0.15, -0.1) is 0 Å². The SMILES string of the molecule is CCCC(N)C(=O)Nc1nc(-c2cccc(OC)c2)ns1. The Balaban J connectivity index is 2.09. The van der Waals surface area contributed by atoms with E-state index in [0.717, 1.165) is 29.3 Å². The summed E-state index contributed by atoms with van der Waals surface area (Å²) in [7, 11) is 1.61. The number of nitrogens with two attached hydrogens (primary N) is 1. The zero-order chi connectivity index (χ0) is 15.2. The van der Waals surface area contributed by atoms with E-state index in [9.17, 15) is 4.79 Å². The molecule has 1 amide bonds. The summed E-state index contributed by atoms with van der Waals surface area (Å²) >= 11 is 1.13. The summed E-state index contributed by atoms with van der Waals surface area (Å²) in [4.78, 5) is 16.1. The van der Waals surface area contributed by atoms with E-state index in [1.54, 1.807) is 7.11 Å². The Hall–Kier alpha value is -1.99. The molecule has 112 valence electrons. The minimum Gasteiger partial charge on any atom is -0.497 e. The lowest BCUT2D eigenvalue weighted by Crippen LogP contribution is -2.35. The maximum Gasteiger partial charge on any atom is 0.243 e. The van der Waals surface area contributed by atoms with Gasteiger partial charge in [-0.1, -0.05) is 25.5 Å². The molecule has 0 saturated heterocycles. The van der Waals surface area contributed by atoms with Gasteiger partial charge in [-0.25, -0.2) is 0 Å². The summed E-state index contributed by atoms with van der Waals surface area (Å²) in [5.74, 6) is 1.06. The lowest BCUT2D eigenvalue weighted by Gasteiger charge is -2.08. The highest BCUT2D eigenvalue weighted by atomic mass is 32.1. The molecule has 0 aliphatic heterocycles. The molecule has 1 aromatic heterocycles. The van der Waals surface area contributed by atoms with Crippen molar-refractivity contribution in [1.29, 1.82) is 0 Å². The van der Waals surface area contributed by atoms with E-state index in [1.165, 1.54) is 0 Å². The molecule has 1 unspecified atom stereocenters. The summed E-state index contributed by atoms with van der Waals surface area (Å²) in [6.07, 6.45) is 1.51. The fourth-order valence-corrected chi connectivity index (χ4v) is 2.39. The van der Waals surface area contributed by atoms with E-state index in [0.29, 0.717) is 17.4 Å². The smallest absolute Gasteiger partial charge is 0.243 e. The highest BCUT2D eigenvalue weighted by Crippen LogP contribution is 2.24. The number of aromatic nitrogens is 2. The van der Waals surface area contributed by atoms with Crippen LogP contribution in [0, 0.1) is 0 Å². The summed E-state index contributed by atoms with van der Waals surface area (Å²) < 4.78 is 9.41. The number of carbonyl (C=O) groups is 1. The molecular weight excluding hydrogens is 288 g/mol. The van der Waals surface area contributed by atoms with Gasteiger partial charge >= 0.3 is 0 Å². The fraction of sp³-hybridized carbons (Fsp3) is 0.357. The van der Waals surface area contributed by atoms with Crippen LogP contribution in [0.3, 0.4) is 0 Å². The molecule has 0 bridgehead atoms. The number of nitrogens with one attached hydrogen (secondary N) is 1. The summed E-state index contributed by atoms with van der Waals surface area (Å²) in [6, 6.07) is 6.93. The number of ether oxygens (including phenoxy) is 1. The number of methoxy groups -OCH3 is 1. The molecule has 21 heavy (non-hydrogen) atoms. The zero-order valence-corrected chi connectivity index (χ0v) is 12.8. The second-order valence-electron chi connectivity index (χ2n) is 4.54. The van der Waals surface area contributed by atoms with Gasteiger partial charge in [-0.05, 0) is 18.6 Å². The Labute approximate surface area is 127 Å². The van der Waals surface area contributed by atoms with Gasteiger partial charge in [0.2, 0.25) is 11.0 Å². The number of anilines is 1. The van der Waals surface area contributed by atoms with Crippen LogP contribution in [0.15, 0.2) is 24.3 Å². The maximum absolute atomic E-state index is 11.8. The minimum absolute atomic E-state index is 0.231. The zero-order valence-electron chi connectivity index (χ0n) is 12.0. The Morgan fingerprint density at radius 1 is 1.52 bits per heavy atom. The first-order valence-corrected chi connectivity index (χ1v) is 7.46.